The van der Waals surface area contributed by atoms with Crippen molar-refractivity contribution in [2.24, 2.45) is 0 Å². The van der Waals surface area contributed by atoms with E-state index in [0.717, 1.165) is 26.3 Å². The second-order valence-corrected chi connectivity index (χ2v) is 2.41. The van der Waals surface area contributed by atoms with Crippen molar-refractivity contribution in [1.29, 1.82) is 0 Å². The minimum Gasteiger partial charge on any atom is -0.379 e. The third kappa shape index (κ3) is 1.69. The van der Waals surface area contributed by atoms with Crippen molar-refractivity contribution >= 4 is 0 Å². The van der Waals surface area contributed by atoms with Crippen LogP contribution in [0.25, 0.3) is 4.85 Å². The molecule has 3 heteroatoms. The first-order valence-electron chi connectivity index (χ1n) is 3.53. The van der Waals surface area contributed by atoms with Crippen molar-refractivity contribution < 1.29 is 4.74 Å². The predicted octanol–water partition coefficient (Wildman–Crippen LogP) is 0.584. The highest BCUT2D eigenvalue weighted by molar-refractivity contribution is 4.76. The Bertz CT molecular complexity index is 135. The van der Waals surface area contributed by atoms with Crippen molar-refractivity contribution in [2.75, 3.05) is 26.3 Å². The van der Waals surface area contributed by atoms with Gasteiger partial charge in [-0.05, 0) is 0 Å². The minimum absolute atomic E-state index is 0.0314. The second kappa shape index (κ2) is 3.55. The molecule has 0 radical (unpaired) electrons. The molecule has 0 aromatic carbocycles. The van der Waals surface area contributed by atoms with Crippen LogP contribution in [0.3, 0.4) is 0 Å². The average molecular weight is 140 g/mol. The van der Waals surface area contributed by atoms with E-state index in [0.29, 0.717) is 0 Å². The Labute approximate surface area is 61.4 Å². The molecular weight excluding hydrogens is 128 g/mol. The Hall–Kier alpha value is -0.590. The maximum absolute atomic E-state index is 6.79. The molecule has 0 aromatic heterocycles. The third-order valence-corrected chi connectivity index (χ3v) is 1.76. The van der Waals surface area contributed by atoms with Gasteiger partial charge in [-0.2, -0.15) is 0 Å². The number of ether oxygens (including phenoxy) is 1. The highest BCUT2D eigenvalue weighted by Crippen LogP contribution is 2.03. The molecule has 56 valence electrons. The summed E-state index contributed by atoms with van der Waals surface area (Å²) in [7, 11) is 0. The van der Waals surface area contributed by atoms with Crippen LogP contribution in [0, 0.1) is 6.57 Å². The highest BCUT2D eigenvalue weighted by Gasteiger charge is 2.19. The van der Waals surface area contributed by atoms with E-state index >= 15 is 0 Å². The maximum atomic E-state index is 6.79. The zero-order valence-electron chi connectivity index (χ0n) is 6.21. The molecule has 1 aliphatic heterocycles. The van der Waals surface area contributed by atoms with Crippen LogP contribution in [0.1, 0.15) is 6.92 Å². The average Bonchev–Trinajstić information content (AvgIpc) is 2.05. The van der Waals surface area contributed by atoms with Gasteiger partial charge in [0.25, 0.3) is 6.17 Å². The van der Waals surface area contributed by atoms with Gasteiger partial charge in [-0.25, -0.2) is 11.5 Å². The fourth-order valence-corrected chi connectivity index (χ4v) is 1.03. The van der Waals surface area contributed by atoms with E-state index in [4.69, 9.17) is 11.3 Å². The first-order valence-corrected chi connectivity index (χ1v) is 3.53. The standard InChI is InChI=1S/C7H12N2O/c1-7(8-2)9-3-5-10-6-4-9/h7H,3-6H2,1H3. The Morgan fingerprint density at radius 3 is 2.60 bits per heavy atom. The van der Waals surface area contributed by atoms with E-state index in [1.165, 1.54) is 0 Å². The molecule has 10 heavy (non-hydrogen) atoms. The topological polar surface area (TPSA) is 16.8 Å². The smallest absolute Gasteiger partial charge is 0.277 e. The highest BCUT2D eigenvalue weighted by atomic mass is 16.5. The molecule has 1 atom stereocenters. The molecule has 0 amide bonds. The number of morpholine rings is 1. The first-order chi connectivity index (χ1) is 4.84. The lowest BCUT2D eigenvalue weighted by Crippen LogP contribution is -2.40. The molecule has 0 aliphatic carbocycles. The van der Waals surface area contributed by atoms with Gasteiger partial charge in [-0.3, -0.25) is 4.85 Å². The van der Waals surface area contributed by atoms with Gasteiger partial charge in [0.1, 0.15) is 0 Å². The molecule has 1 heterocycles. The monoisotopic (exact) mass is 140 g/mol. The SMILES string of the molecule is [C-]#[N+]C(C)N1CCOCC1. The lowest BCUT2D eigenvalue weighted by atomic mass is 10.4. The van der Waals surface area contributed by atoms with E-state index in [2.05, 4.69) is 9.74 Å². The van der Waals surface area contributed by atoms with E-state index in [9.17, 15) is 0 Å². The van der Waals surface area contributed by atoms with Gasteiger partial charge in [0.05, 0.1) is 13.2 Å². The van der Waals surface area contributed by atoms with Crippen LogP contribution in [0.2, 0.25) is 0 Å². The summed E-state index contributed by atoms with van der Waals surface area (Å²) in [6, 6.07) is 0. The molecule has 1 aliphatic rings. The van der Waals surface area contributed by atoms with E-state index < -0.39 is 0 Å². The summed E-state index contributed by atoms with van der Waals surface area (Å²) in [5, 5.41) is 0. The Balaban J connectivity index is 2.33. The van der Waals surface area contributed by atoms with Crippen LogP contribution in [0.15, 0.2) is 0 Å². The van der Waals surface area contributed by atoms with Crippen molar-refractivity contribution in [3.63, 3.8) is 0 Å². The molecule has 3 nitrogen and oxygen atoms in total. The van der Waals surface area contributed by atoms with Crippen LogP contribution >= 0.6 is 0 Å². The molecule has 0 spiro atoms. The Kier molecular flexibility index (Phi) is 2.67. The molecule has 1 saturated heterocycles. The summed E-state index contributed by atoms with van der Waals surface area (Å²) in [5.41, 5.74) is 0. The molecule has 0 aromatic rings. The predicted molar refractivity (Wildman–Crippen MR) is 38.5 cm³/mol. The quantitative estimate of drug-likeness (QED) is 0.496. The summed E-state index contributed by atoms with van der Waals surface area (Å²) in [6.45, 7) is 12.1. The van der Waals surface area contributed by atoms with Crippen LogP contribution in [0.4, 0.5) is 0 Å². The van der Waals surface area contributed by atoms with Crippen LogP contribution in [0.5, 0.6) is 0 Å². The van der Waals surface area contributed by atoms with Crippen molar-refractivity contribution in [2.45, 2.75) is 13.1 Å². The normalized spacial score (nSPS) is 23.6. The molecule has 1 unspecified atom stereocenters. The van der Waals surface area contributed by atoms with Crippen molar-refractivity contribution in [3.05, 3.63) is 11.4 Å². The molecule has 0 bridgehead atoms. The van der Waals surface area contributed by atoms with E-state index in [-0.39, 0.29) is 6.17 Å². The molecule has 1 fully saturated rings. The third-order valence-electron chi connectivity index (χ3n) is 1.76. The van der Waals surface area contributed by atoms with Gasteiger partial charge >= 0.3 is 0 Å². The zero-order valence-corrected chi connectivity index (χ0v) is 6.21. The van der Waals surface area contributed by atoms with Gasteiger partial charge in [-0.1, -0.05) is 0 Å². The van der Waals surface area contributed by atoms with Crippen LogP contribution < -0.4 is 0 Å². The van der Waals surface area contributed by atoms with Gasteiger partial charge in [0.2, 0.25) is 0 Å². The Morgan fingerprint density at radius 2 is 2.10 bits per heavy atom. The van der Waals surface area contributed by atoms with E-state index in [1.54, 1.807) is 0 Å². The largest absolute Gasteiger partial charge is 0.379 e. The minimum atomic E-state index is 0.0314. The number of hydrogen-bond acceptors (Lipinski definition) is 2. The maximum Gasteiger partial charge on any atom is 0.277 e. The van der Waals surface area contributed by atoms with Crippen LogP contribution in [-0.4, -0.2) is 37.4 Å². The van der Waals surface area contributed by atoms with Crippen molar-refractivity contribution in [1.82, 2.24) is 4.90 Å². The summed E-state index contributed by atoms with van der Waals surface area (Å²) in [5.74, 6) is 0. The summed E-state index contributed by atoms with van der Waals surface area (Å²) in [4.78, 5) is 5.57. The summed E-state index contributed by atoms with van der Waals surface area (Å²) >= 11 is 0. The molecule has 0 N–H and O–H groups in total. The van der Waals surface area contributed by atoms with Crippen molar-refractivity contribution in [3.8, 4) is 0 Å². The fourth-order valence-electron chi connectivity index (χ4n) is 1.03. The van der Waals surface area contributed by atoms with Gasteiger partial charge in [0, 0.05) is 20.0 Å². The van der Waals surface area contributed by atoms with Gasteiger partial charge in [-0.15, -0.1) is 0 Å². The second-order valence-electron chi connectivity index (χ2n) is 2.41. The first kappa shape index (κ1) is 7.52. The summed E-state index contributed by atoms with van der Waals surface area (Å²) in [6.07, 6.45) is 0.0314. The molecular formula is C7H12N2O. The summed E-state index contributed by atoms with van der Waals surface area (Å²) < 4.78 is 5.15. The number of nitrogens with zero attached hydrogens (tertiary/aromatic N) is 2. The number of rotatable bonds is 1. The lowest BCUT2D eigenvalue weighted by Gasteiger charge is -2.25. The van der Waals surface area contributed by atoms with Gasteiger partial charge < -0.3 is 4.74 Å². The Morgan fingerprint density at radius 1 is 1.50 bits per heavy atom. The van der Waals surface area contributed by atoms with Gasteiger partial charge in [0.15, 0.2) is 0 Å². The zero-order chi connectivity index (χ0) is 7.40. The lowest BCUT2D eigenvalue weighted by molar-refractivity contribution is 0.0283. The molecule has 1 rings (SSSR count). The fraction of sp³-hybridized carbons (Fsp3) is 0.857. The van der Waals surface area contributed by atoms with Crippen LogP contribution in [-0.2, 0) is 4.74 Å². The number of hydrogen-bond donors (Lipinski definition) is 0. The molecule has 0 saturated carbocycles. The van der Waals surface area contributed by atoms with E-state index in [1.807, 2.05) is 6.92 Å².